The SMILES string of the molecule is C1CCCC1.CNC.O=C(O)c1ccc2nc(-c3cc(Cl)cc(Cl)c3)oc2c1. The smallest absolute Gasteiger partial charge is 0.335 e. The molecule has 1 heterocycles. The normalized spacial score (nSPS) is 12.7. The molecule has 1 aromatic heterocycles. The van der Waals surface area contributed by atoms with Gasteiger partial charge in [-0.05, 0) is 50.5 Å². The summed E-state index contributed by atoms with van der Waals surface area (Å²) in [6, 6.07) is 9.46. The average molecular weight is 423 g/mol. The molecule has 0 unspecified atom stereocenters. The van der Waals surface area contributed by atoms with Crippen molar-refractivity contribution in [2.24, 2.45) is 0 Å². The second-order valence-electron chi connectivity index (χ2n) is 6.43. The maximum atomic E-state index is 10.9. The lowest BCUT2D eigenvalue weighted by atomic mass is 10.2. The number of aromatic nitrogens is 1. The van der Waals surface area contributed by atoms with E-state index < -0.39 is 5.97 Å². The standard InChI is InChI=1S/C14H7Cl2NO3.C5H10.C2H7N/c15-9-3-8(4-10(16)6-9)13-17-11-2-1-7(14(18)19)5-12(11)20-13;1-2-4-5-3-1;1-3-2/h1-6H,(H,18,19);1-5H2;3H,1-2H3. The summed E-state index contributed by atoms with van der Waals surface area (Å²) < 4.78 is 5.56. The van der Waals surface area contributed by atoms with Crippen LogP contribution in [0.1, 0.15) is 42.5 Å². The Balaban J connectivity index is 0.000000295. The Morgan fingerprint density at radius 1 is 1.00 bits per heavy atom. The number of hydrogen-bond donors (Lipinski definition) is 2. The van der Waals surface area contributed by atoms with E-state index in [2.05, 4.69) is 10.3 Å². The van der Waals surface area contributed by atoms with Gasteiger partial charge in [-0.15, -0.1) is 0 Å². The van der Waals surface area contributed by atoms with Crippen LogP contribution in [0.3, 0.4) is 0 Å². The predicted octanol–water partition coefficient (Wildman–Crippen LogP) is 6.29. The Morgan fingerprint density at radius 2 is 1.54 bits per heavy atom. The minimum absolute atomic E-state index is 0.143. The van der Waals surface area contributed by atoms with Gasteiger partial charge in [0.05, 0.1) is 5.56 Å². The van der Waals surface area contributed by atoms with Crippen LogP contribution < -0.4 is 5.32 Å². The zero-order valence-corrected chi connectivity index (χ0v) is 17.5. The largest absolute Gasteiger partial charge is 0.478 e. The number of nitrogens with one attached hydrogen (secondary N) is 1. The van der Waals surface area contributed by atoms with Gasteiger partial charge in [-0.2, -0.15) is 0 Å². The Kier molecular flexibility index (Phi) is 8.77. The van der Waals surface area contributed by atoms with E-state index in [1.165, 1.54) is 44.2 Å². The fourth-order valence-corrected chi connectivity index (χ4v) is 3.27. The first-order valence-corrected chi connectivity index (χ1v) is 9.89. The van der Waals surface area contributed by atoms with Crippen LogP contribution in [0.2, 0.25) is 10.0 Å². The van der Waals surface area contributed by atoms with Crippen molar-refractivity contribution in [2.45, 2.75) is 32.1 Å². The van der Waals surface area contributed by atoms with E-state index in [0.29, 0.717) is 32.6 Å². The Bertz CT molecular complexity index is 893. The number of carboxylic acid groups (broad SMARTS) is 1. The maximum absolute atomic E-state index is 10.9. The third-order valence-corrected chi connectivity index (χ3v) is 4.43. The molecular weight excluding hydrogens is 399 g/mol. The van der Waals surface area contributed by atoms with Gasteiger partial charge in [0.2, 0.25) is 5.89 Å². The Hall–Kier alpha value is -2.08. The summed E-state index contributed by atoms with van der Waals surface area (Å²) in [5.74, 6) is -0.678. The molecule has 0 atom stereocenters. The first kappa shape index (κ1) is 22.2. The van der Waals surface area contributed by atoms with Crippen molar-refractivity contribution in [1.29, 1.82) is 0 Å². The molecule has 0 amide bonds. The molecule has 150 valence electrons. The van der Waals surface area contributed by atoms with E-state index in [-0.39, 0.29) is 5.56 Å². The first-order chi connectivity index (χ1) is 13.4. The first-order valence-electron chi connectivity index (χ1n) is 9.13. The van der Waals surface area contributed by atoms with Crippen molar-refractivity contribution in [3.63, 3.8) is 0 Å². The van der Waals surface area contributed by atoms with Gasteiger partial charge in [0, 0.05) is 15.6 Å². The van der Waals surface area contributed by atoms with Crippen molar-refractivity contribution >= 4 is 40.3 Å². The van der Waals surface area contributed by atoms with Crippen LogP contribution in [0.15, 0.2) is 40.8 Å². The summed E-state index contributed by atoms with van der Waals surface area (Å²) in [6.45, 7) is 0. The van der Waals surface area contributed by atoms with Crippen LogP contribution in [0.5, 0.6) is 0 Å². The topological polar surface area (TPSA) is 75.4 Å². The van der Waals surface area contributed by atoms with Gasteiger partial charge in [0.15, 0.2) is 5.58 Å². The molecule has 0 spiro atoms. The number of fused-ring (bicyclic) bond motifs is 1. The Morgan fingerprint density at radius 3 is 2.04 bits per heavy atom. The molecule has 28 heavy (non-hydrogen) atoms. The lowest BCUT2D eigenvalue weighted by Gasteiger charge is -1.97. The number of halogens is 2. The fraction of sp³-hybridized carbons (Fsp3) is 0.333. The summed E-state index contributed by atoms with van der Waals surface area (Å²) >= 11 is 11.9. The monoisotopic (exact) mass is 422 g/mol. The number of oxazole rings is 1. The molecule has 1 aliphatic rings. The molecule has 0 aliphatic heterocycles. The van der Waals surface area contributed by atoms with Crippen LogP contribution in [-0.4, -0.2) is 30.2 Å². The zero-order valence-electron chi connectivity index (χ0n) is 16.0. The third kappa shape index (κ3) is 6.51. The molecule has 2 aromatic carbocycles. The number of benzene rings is 2. The molecule has 7 heteroatoms. The third-order valence-electron chi connectivity index (χ3n) is 3.99. The summed E-state index contributed by atoms with van der Waals surface area (Å²) in [5.41, 5.74) is 1.75. The van der Waals surface area contributed by atoms with E-state index >= 15 is 0 Å². The molecule has 1 saturated carbocycles. The van der Waals surface area contributed by atoms with E-state index in [9.17, 15) is 4.79 Å². The van der Waals surface area contributed by atoms with E-state index in [0.717, 1.165) is 0 Å². The molecule has 1 aliphatic carbocycles. The molecule has 4 rings (SSSR count). The summed E-state index contributed by atoms with van der Waals surface area (Å²) in [7, 11) is 3.75. The molecule has 0 bridgehead atoms. The molecular formula is C21H24Cl2N2O3. The maximum Gasteiger partial charge on any atom is 0.335 e. The van der Waals surface area contributed by atoms with Gasteiger partial charge >= 0.3 is 5.97 Å². The molecule has 0 radical (unpaired) electrons. The van der Waals surface area contributed by atoms with Crippen LogP contribution in [-0.2, 0) is 0 Å². The van der Waals surface area contributed by atoms with Crippen LogP contribution in [0.4, 0.5) is 0 Å². The van der Waals surface area contributed by atoms with Crippen LogP contribution >= 0.6 is 23.2 Å². The van der Waals surface area contributed by atoms with Crippen LogP contribution in [0, 0.1) is 0 Å². The molecule has 0 saturated heterocycles. The number of carbonyl (C=O) groups is 1. The van der Waals surface area contributed by atoms with Crippen molar-refractivity contribution in [2.75, 3.05) is 14.1 Å². The van der Waals surface area contributed by atoms with E-state index in [4.69, 9.17) is 32.7 Å². The number of carboxylic acids is 1. The highest BCUT2D eigenvalue weighted by molar-refractivity contribution is 6.35. The quantitative estimate of drug-likeness (QED) is 0.507. The summed E-state index contributed by atoms with van der Waals surface area (Å²) in [5, 5.41) is 12.6. The summed E-state index contributed by atoms with van der Waals surface area (Å²) in [4.78, 5) is 15.2. The van der Waals surface area contributed by atoms with E-state index in [1.54, 1.807) is 24.3 Å². The highest BCUT2D eigenvalue weighted by Gasteiger charge is 2.12. The van der Waals surface area contributed by atoms with Gasteiger partial charge in [-0.1, -0.05) is 55.3 Å². The minimum Gasteiger partial charge on any atom is -0.478 e. The fourth-order valence-electron chi connectivity index (χ4n) is 2.74. The van der Waals surface area contributed by atoms with Gasteiger partial charge in [-0.3, -0.25) is 0 Å². The highest BCUT2D eigenvalue weighted by atomic mass is 35.5. The molecule has 3 aromatic rings. The summed E-state index contributed by atoms with van der Waals surface area (Å²) in [6.07, 6.45) is 7.50. The number of nitrogens with zero attached hydrogens (tertiary/aromatic N) is 1. The second kappa shape index (κ2) is 11.1. The van der Waals surface area contributed by atoms with E-state index in [1.807, 2.05) is 14.1 Å². The lowest BCUT2D eigenvalue weighted by Crippen LogP contribution is -1.94. The van der Waals surface area contributed by atoms with Crippen molar-refractivity contribution in [3.8, 4) is 11.5 Å². The van der Waals surface area contributed by atoms with Gasteiger partial charge < -0.3 is 14.8 Å². The second-order valence-corrected chi connectivity index (χ2v) is 7.31. The minimum atomic E-state index is -1.02. The highest BCUT2D eigenvalue weighted by Crippen LogP contribution is 2.29. The van der Waals surface area contributed by atoms with Crippen LogP contribution in [0.25, 0.3) is 22.6 Å². The van der Waals surface area contributed by atoms with Gasteiger partial charge in [0.25, 0.3) is 0 Å². The lowest BCUT2D eigenvalue weighted by molar-refractivity contribution is 0.0697. The van der Waals surface area contributed by atoms with Crippen molar-refractivity contribution in [1.82, 2.24) is 10.3 Å². The van der Waals surface area contributed by atoms with Crippen molar-refractivity contribution in [3.05, 3.63) is 52.0 Å². The zero-order chi connectivity index (χ0) is 20.5. The molecule has 5 nitrogen and oxygen atoms in total. The van der Waals surface area contributed by atoms with Crippen molar-refractivity contribution < 1.29 is 14.3 Å². The van der Waals surface area contributed by atoms with Gasteiger partial charge in [-0.25, -0.2) is 9.78 Å². The number of hydrogen-bond acceptors (Lipinski definition) is 4. The number of rotatable bonds is 2. The number of aromatic carboxylic acids is 1. The molecule has 2 N–H and O–H groups in total. The van der Waals surface area contributed by atoms with Gasteiger partial charge in [0.1, 0.15) is 5.52 Å². The average Bonchev–Trinajstić information content (AvgIpc) is 3.34. The Labute approximate surface area is 174 Å². The predicted molar refractivity (Wildman–Crippen MR) is 114 cm³/mol. The molecule has 1 fully saturated rings.